The zero-order chi connectivity index (χ0) is 30.1. The predicted octanol–water partition coefficient (Wildman–Crippen LogP) is 0.0712. The molecule has 8 N–H and O–H groups in total. The van der Waals surface area contributed by atoms with Gasteiger partial charge < -0.3 is 37.6 Å². The van der Waals surface area contributed by atoms with Gasteiger partial charge in [0.2, 0.25) is 11.8 Å². The molecule has 5 saturated heterocycles. The summed E-state index contributed by atoms with van der Waals surface area (Å²) < 4.78 is 30.3. The number of nitrogens with one attached hydrogen (secondary N) is 4. The second kappa shape index (κ2) is 13.5. The highest BCUT2D eigenvalue weighted by Crippen LogP contribution is 2.47. The minimum absolute atomic E-state index is 0.0152. The van der Waals surface area contributed by atoms with Crippen LogP contribution in [-0.2, 0) is 9.59 Å². The smallest absolute Gasteiger partial charge is 0.227 e. The van der Waals surface area contributed by atoms with Crippen molar-refractivity contribution >= 4 is 11.8 Å². The molecule has 43 heavy (non-hydrogen) atoms. The lowest BCUT2D eigenvalue weighted by atomic mass is 9.72. The van der Waals surface area contributed by atoms with Crippen molar-refractivity contribution in [2.75, 3.05) is 58.9 Å². The van der Waals surface area contributed by atoms with Crippen LogP contribution < -0.4 is 32.7 Å². The topological polar surface area (TPSA) is 141 Å². The van der Waals surface area contributed by atoms with E-state index in [1.54, 1.807) is 0 Å². The molecular formula is C31H54F2N8O2. The van der Waals surface area contributed by atoms with Crippen LogP contribution in [0.5, 0.6) is 0 Å². The number of piperidine rings is 2. The first-order valence-corrected chi connectivity index (χ1v) is 17.0. The fourth-order valence-electron chi connectivity index (χ4n) is 9.45. The molecule has 0 aromatic carbocycles. The molecule has 10 nitrogen and oxygen atoms in total. The van der Waals surface area contributed by atoms with Crippen LogP contribution in [0.2, 0.25) is 0 Å². The lowest BCUT2D eigenvalue weighted by Gasteiger charge is -2.46. The number of carbonyl (C=O) groups excluding carboxylic acids is 2. The van der Waals surface area contributed by atoms with Crippen LogP contribution in [0.25, 0.3) is 0 Å². The average Bonchev–Trinajstić information content (AvgIpc) is 3.72. The number of rotatable bonds is 6. The standard InChI is InChI=1S/C31H54F2N8O2/c32-22-3-8-31(6-1-2-7-31)11-24(38-14-22)26(28(34)35)29(42)39-25-16-37-15-23(33)27(25)40-9-4-19(5-10-40)30(43)41-17-20-12-36-13-21(20)18-41/h19-28,36-38H,1-18,34-35H2,(H,39,42). The van der Waals surface area contributed by atoms with Crippen LogP contribution in [0.3, 0.4) is 0 Å². The number of nitrogens with zero attached hydrogens (tertiary/aromatic N) is 2. The first-order chi connectivity index (χ1) is 20.7. The summed E-state index contributed by atoms with van der Waals surface area (Å²) in [4.78, 5) is 31.4. The van der Waals surface area contributed by atoms with Crippen LogP contribution in [0.4, 0.5) is 8.78 Å². The van der Waals surface area contributed by atoms with Crippen LogP contribution in [-0.4, -0.2) is 117 Å². The van der Waals surface area contributed by atoms with E-state index in [2.05, 4.69) is 31.1 Å². The molecule has 0 aromatic rings. The van der Waals surface area contributed by atoms with Gasteiger partial charge in [0.25, 0.3) is 0 Å². The van der Waals surface area contributed by atoms with E-state index in [4.69, 9.17) is 11.5 Å². The molecular weight excluding hydrogens is 554 g/mol. The molecule has 8 unspecified atom stereocenters. The lowest BCUT2D eigenvalue weighted by Crippen LogP contribution is -2.68. The zero-order valence-corrected chi connectivity index (χ0v) is 25.6. The number of hydrogen-bond acceptors (Lipinski definition) is 8. The van der Waals surface area contributed by atoms with Gasteiger partial charge in [0.05, 0.1) is 24.2 Å². The van der Waals surface area contributed by atoms with E-state index in [0.717, 1.165) is 64.7 Å². The fraction of sp³-hybridized carbons (Fsp3) is 0.935. The van der Waals surface area contributed by atoms with Crippen molar-refractivity contribution in [1.29, 1.82) is 0 Å². The highest BCUT2D eigenvalue weighted by Gasteiger charge is 2.46. The van der Waals surface area contributed by atoms with Crippen molar-refractivity contribution in [3.63, 3.8) is 0 Å². The molecule has 244 valence electrons. The molecule has 6 rings (SSSR count). The van der Waals surface area contributed by atoms with Gasteiger partial charge in [0, 0.05) is 57.8 Å². The molecule has 1 spiro atoms. The SMILES string of the molecule is NC(N)C(C(=O)NC1CNCC(F)C1N1CCC(C(=O)N2CC3CNCC3C2)CC1)C1CC2(CCCC2)CCC(F)CN1. The minimum Gasteiger partial charge on any atom is -0.350 e. The second-order valence-corrected chi connectivity index (χ2v) is 14.7. The largest absolute Gasteiger partial charge is 0.350 e. The number of alkyl halides is 2. The molecule has 6 aliphatic rings. The maximum atomic E-state index is 15.6. The summed E-state index contributed by atoms with van der Waals surface area (Å²) in [5.41, 5.74) is 12.5. The van der Waals surface area contributed by atoms with Crippen molar-refractivity contribution in [1.82, 2.24) is 31.1 Å². The predicted molar refractivity (Wildman–Crippen MR) is 161 cm³/mol. The van der Waals surface area contributed by atoms with Crippen molar-refractivity contribution in [2.24, 2.45) is 40.6 Å². The Kier molecular flexibility index (Phi) is 9.90. The third-order valence-electron chi connectivity index (χ3n) is 11.9. The van der Waals surface area contributed by atoms with E-state index >= 15 is 4.39 Å². The van der Waals surface area contributed by atoms with Gasteiger partial charge in [-0.1, -0.05) is 12.8 Å². The van der Waals surface area contributed by atoms with Gasteiger partial charge in [-0.2, -0.15) is 0 Å². The van der Waals surface area contributed by atoms with Gasteiger partial charge in [-0.05, 0) is 75.3 Å². The van der Waals surface area contributed by atoms with Crippen LogP contribution in [0.15, 0.2) is 0 Å². The molecule has 0 aromatic heterocycles. The summed E-state index contributed by atoms with van der Waals surface area (Å²) in [6.45, 7) is 5.79. The Morgan fingerprint density at radius 3 is 2.23 bits per heavy atom. The maximum Gasteiger partial charge on any atom is 0.227 e. The normalized spacial score (nSPS) is 38.2. The Hall–Kier alpha value is -1.44. The van der Waals surface area contributed by atoms with Gasteiger partial charge in [-0.3, -0.25) is 14.5 Å². The molecule has 0 bridgehead atoms. The van der Waals surface area contributed by atoms with E-state index in [1.807, 2.05) is 0 Å². The third-order valence-corrected chi connectivity index (χ3v) is 11.9. The summed E-state index contributed by atoms with van der Waals surface area (Å²) in [5.74, 6) is 0.330. The third kappa shape index (κ3) is 6.89. The first kappa shape index (κ1) is 31.5. The molecule has 8 atom stereocenters. The van der Waals surface area contributed by atoms with E-state index in [9.17, 15) is 14.0 Å². The number of halogens is 2. The Bertz CT molecular complexity index is 963. The van der Waals surface area contributed by atoms with E-state index in [0.29, 0.717) is 50.7 Å². The average molecular weight is 609 g/mol. The molecule has 12 heteroatoms. The van der Waals surface area contributed by atoms with Crippen molar-refractivity contribution < 1.29 is 18.4 Å². The number of carbonyl (C=O) groups is 2. The molecule has 5 aliphatic heterocycles. The Morgan fingerprint density at radius 1 is 0.884 bits per heavy atom. The number of likely N-dealkylation sites (tertiary alicyclic amines) is 2. The molecule has 5 heterocycles. The molecule has 2 amide bonds. The Labute approximate surface area is 255 Å². The number of nitrogens with two attached hydrogens (primary N) is 2. The first-order valence-electron chi connectivity index (χ1n) is 17.0. The minimum atomic E-state index is -1.16. The van der Waals surface area contributed by atoms with E-state index in [1.165, 1.54) is 0 Å². The van der Waals surface area contributed by atoms with Crippen LogP contribution >= 0.6 is 0 Å². The van der Waals surface area contributed by atoms with Gasteiger partial charge >= 0.3 is 0 Å². The number of fused-ring (bicyclic) bond motifs is 1. The monoisotopic (exact) mass is 608 g/mol. The van der Waals surface area contributed by atoms with Gasteiger partial charge in [0.1, 0.15) is 12.3 Å². The van der Waals surface area contributed by atoms with Crippen molar-refractivity contribution in [2.45, 2.75) is 94.4 Å². The van der Waals surface area contributed by atoms with Crippen molar-refractivity contribution in [3.05, 3.63) is 0 Å². The summed E-state index contributed by atoms with van der Waals surface area (Å²) in [7, 11) is 0. The molecule has 1 saturated carbocycles. The summed E-state index contributed by atoms with van der Waals surface area (Å²) in [6.07, 6.45) is 4.81. The highest BCUT2D eigenvalue weighted by atomic mass is 19.1. The van der Waals surface area contributed by atoms with E-state index in [-0.39, 0.29) is 42.3 Å². The number of amides is 2. The fourth-order valence-corrected chi connectivity index (χ4v) is 9.45. The summed E-state index contributed by atoms with van der Waals surface area (Å²) >= 11 is 0. The summed E-state index contributed by atoms with van der Waals surface area (Å²) in [5, 5.41) is 13.0. The van der Waals surface area contributed by atoms with Gasteiger partial charge in [-0.25, -0.2) is 8.78 Å². The van der Waals surface area contributed by atoms with Gasteiger partial charge in [0.15, 0.2) is 0 Å². The molecule has 0 radical (unpaired) electrons. The zero-order valence-electron chi connectivity index (χ0n) is 25.6. The van der Waals surface area contributed by atoms with E-state index < -0.39 is 36.5 Å². The van der Waals surface area contributed by atoms with Crippen LogP contribution in [0, 0.1) is 29.1 Å². The summed E-state index contributed by atoms with van der Waals surface area (Å²) in [6, 6.07) is -1.29. The second-order valence-electron chi connectivity index (χ2n) is 14.7. The Balaban J connectivity index is 1.09. The maximum absolute atomic E-state index is 15.6. The van der Waals surface area contributed by atoms with Crippen LogP contribution in [0.1, 0.15) is 57.8 Å². The highest BCUT2D eigenvalue weighted by molar-refractivity contribution is 5.81. The van der Waals surface area contributed by atoms with Crippen molar-refractivity contribution in [3.8, 4) is 0 Å². The lowest BCUT2D eigenvalue weighted by molar-refractivity contribution is -0.136. The molecule has 6 fully saturated rings. The Morgan fingerprint density at radius 2 is 1.56 bits per heavy atom. The number of hydrogen-bond donors (Lipinski definition) is 6. The molecule has 1 aliphatic carbocycles. The quantitative estimate of drug-likeness (QED) is 0.233. The van der Waals surface area contributed by atoms with Gasteiger partial charge in [-0.15, -0.1) is 0 Å².